The van der Waals surface area contributed by atoms with Gasteiger partial charge < -0.3 is 4.74 Å². The Balaban J connectivity index is 2.60. The van der Waals surface area contributed by atoms with E-state index in [0.717, 1.165) is 0 Å². The standard InChI is InChI=1S/C10H7N5O3/c1-18-7-2-3-8(15(16)17)9(4-7)14-6-12-10(5-11)13-14/h2-4,6H,1H3. The molecule has 0 unspecified atom stereocenters. The minimum atomic E-state index is -0.539. The quantitative estimate of drug-likeness (QED) is 0.591. The number of hydrogen-bond donors (Lipinski definition) is 0. The van der Waals surface area contributed by atoms with Crippen molar-refractivity contribution in [3.63, 3.8) is 0 Å². The average Bonchev–Trinajstić information content (AvgIpc) is 2.86. The normalized spacial score (nSPS) is 9.78. The lowest BCUT2D eigenvalue weighted by atomic mass is 10.2. The molecule has 0 spiro atoms. The monoisotopic (exact) mass is 245 g/mol. The minimum absolute atomic E-state index is 0.0629. The van der Waals surface area contributed by atoms with Gasteiger partial charge in [-0.25, -0.2) is 9.67 Å². The molecule has 0 saturated heterocycles. The Labute approximate surface area is 101 Å². The van der Waals surface area contributed by atoms with Crippen LogP contribution in [0.2, 0.25) is 0 Å². The van der Waals surface area contributed by atoms with Crippen molar-refractivity contribution in [2.45, 2.75) is 0 Å². The van der Waals surface area contributed by atoms with Crippen molar-refractivity contribution in [1.29, 1.82) is 5.26 Å². The van der Waals surface area contributed by atoms with Crippen LogP contribution >= 0.6 is 0 Å². The number of rotatable bonds is 3. The van der Waals surface area contributed by atoms with Crippen LogP contribution in [0, 0.1) is 21.4 Å². The number of nitro benzene ring substituents is 1. The molecule has 0 aliphatic carbocycles. The van der Waals surface area contributed by atoms with Crippen LogP contribution in [-0.2, 0) is 0 Å². The summed E-state index contributed by atoms with van der Waals surface area (Å²) in [5, 5.41) is 23.3. The fraction of sp³-hybridized carbons (Fsp3) is 0.100. The lowest BCUT2D eigenvalue weighted by Crippen LogP contribution is -2.01. The number of methoxy groups -OCH3 is 1. The van der Waals surface area contributed by atoms with E-state index in [4.69, 9.17) is 10.00 Å². The molecule has 0 amide bonds. The third kappa shape index (κ3) is 1.97. The molecule has 0 saturated carbocycles. The Morgan fingerprint density at radius 2 is 2.33 bits per heavy atom. The van der Waals surface area contributed by atoms with Gasteiger partial charge in [0.25, 0.3) is 11.5 Å². The van der Waals surface area contributed by atoms with Crippen LogP contribution in [-0.4, -0.2) is 26.8 Å². The summed E-state index contributed by atoms with van der Waals surface area (Å²) in [6.07, 6.45) is 1.24. The zero-order valence-corrected chi connectivity index (χ0v) is 9.27. The Morgan fingerprint density at radius 3 is 2.89 bits per heavy atom. The van der Waals surface area contributed by atoms with Crippen LogP contribution in [0.15, 0.2) is 24.5 Å². The van der Waals surface area contributed by atoms with Crippen LogP contribution in [0.1, 0.15) is 5.82 Å². The van der Waals surface area contributed by atoms with Crippen molar-refractivity contribution in [3.05, 3.63) is 40.5 Å². The van der Waals surface area contributed by atoms with Crippen LogP contribution in [0.25, 0.3) is 5.69 Å². The second kappa shape index (κ2) is 4.50. The molecule has 0 radical (unpaired) electrons. The van der Waals surface area contributed by atoms with E-state index in [1.165, 1.54) is 36.3 Å². The molecule has 0 aliphatic heterocycles. The maximum absolute atomic E-state index is 10.9. The third-order valence-corrected chi connectivity index (χ3v) is 2.22. The van der Waals surface area contributed by atoms with E-state index >= 15 is 0 Å². The molecule has 0 bridgehead atoms. The van der Waals surface area contributed by atoms with Crippen LogP contribution < -0.4 is 4.74 Å². The fourth-order valence-electron chi connectivity index (χ4n) is 1.40. The summed E-state index contributed by atoms with van der Waals surface area (Å²) < 4.78 is 6.16. The van der Waals surface area contributed by atoms with Gasteiger partial charge in [-0.15, -0.1) is 5.10 Å². The molecule has 0 atom stereocenters. The molecule has 8 heteroatoms. The van der Waals surface area contributed by atoms with Crippen molar-refractivity contribution >= 4 is 5.69 Å². The highest BCUT2D eigenvalue weighted by atomic mass is 16.6. The number of nitrogens with zero attached hydrogens (tertiary/aromatic N) is 5. The molecule has 8 nitrogen and oxygen atoms in total. The predicted molar refractivity (Wildman–Crippen MR) is 59.3 cm³/mol. The van der Waals surface area contributed by atoms with Crippen molar-refractivity contribution in [2.24, 2.45) is 0 Å². The Hall–Kier alpha value is -2.95. The van der Waals surface area contributed by atoms with E-state index in [1.54, 1.807) is 6.07 Å². The molecule has 0 fully saturated rings. The van der Waals surface area contributed by atoms with Gasteiger partial charge in [0.05, 0.1) is 12.0 Å². The SMILES string of the molecule is COc1ccc([N+](=O)[O-])c(-n2cnc(C#N)n2)c1. The Morgan fingerprint density at radius 1 is 1.56 bits per heavy atom. The first kappa shape index (κ1) is 11.5. The van der Waals surface area contributed by atoms with Gasteiger partial charge in [0, 0.05) is 12.1 Å². The maximum Gasteiger partial charge on any atom is 0.295 e. The summed E-state index contributed by atoms with van der Waals surface area (Å²) >= 11 is 0. The zero-order chi connectivity index (χ0) is 13.1. The summed E-state index contributed by atoms with van der Waals surface area (Å²) in [6.45, 7) is 0. The minimum Gasteiger partial charge on any atom is -0.497 e. The van der Waals surface area contributed by atoms with Gasteiger partial charge in [-0.2, -0.15) is 5.26 Å². The van der Waals surface area contributed by atoms with Crippen molar-refractivity contribution in [1.82, 2.24) is 14.8 Å². The highest BCUT2D eigenvalue weighted by Gasteiger charge is 2.17. The summed E-state index contributed by atoms with van der Waals surface area (Å²) in [7, 11) is 1.45. The molecule has 1 aromatic carbocycles. The lowest BCUT2D eigenvalue weighted by molar-refractivity contribution is -0.384. The molecular weight excluding hydrogens is 238 g/mol. The predicted octanol–water partition coefficient (Wildman–Crippen LogP) is 1.06. The first-order chi connectivity index (χ1) is 8.65. The van der Waals surface area contributed by atoms with Crippen LogP contribution in [0.4, 0.5) is 5.69 Å². The Kier molecular flexibility index (Phi) is 2.89. The van der Waals surface area contributed by atoms with E-state index in [-0.39, 0.29) is 17.2 Å². The first-order valence-electron chi connectivity index (χ1n) is 4.80. The molecule has 2 aromatic rings. The fourth-order valence-corrected chi connectivity index (χ4v) is 1.40. The zero-order valence-electron chi connectivity index (χ0n) is 9.27. The van der Waals surface area contributed by atoms with Gasteiger partial charge in [0.2, 0.25) is 0 Å². The molecule has 90 valence electrons. The van der Waals surface area contributed by atoms with Gasteiger partial charge in [-0.1, -0.05) is 0 Å². The molecule has 2 rings (SSSR count). The summed E-state index contributed by atoms with van der Waals surface area (Å²) in [5.41, 5.74) is 0.0403. The first-order valence-corrected chi connectivity index (χ1v) is 4.80. The van der Waals surface area contributed by atoms with Gasteiger partial charge in [0.15, 0.2) is 0 Å². The molecule has 1 heterocycles. The smallest absolute Gasteiger partial charge is 0.295 e. The van der Waals surface area contributed by atoms with E-state index in [9.17, 15) is 10.1 Å². The van der Waals surface area contributed by atoms with Gasteiger partial charge in [-0.3, -0.25) is 10.1 Å². The van der Waals surface area contributed by atoms with Gasteiger partial charge in [-0.05, 0) is 6.07 Å². The number of ether oxygens (including phenoxy) is 1. The second-order valence-corrected chi connectivity index (χ2v) is 3.24. The second-order valence-electron chi connectivity index (χ2n) is 3.24. The summed E-state index contributed by atoms with van der Waals surface area (Å²) in [5.74, 6) is 0.386. The Bertz CT molecular complexity index is 643. The molecule has 0 aliphatic rings. The lowest BCUT2D eigenvalue weighted by Gasteiger charge is -2.04. The van der Waals surface area contributed by atoms with Gasteiger partial charge in [0.1, 0.15) is 23.8 Å². The number of nitro groups is 1. The summed E-state index contributed by atoms with van der Waals surface area (Å²) in [4.78, 5) is 14.1. The van der Waals surface area contributed by atoms with E-state index in [1.807, 2.05) is 0 Å². The van der Waals surface area contributed by atoms with E-state index in [2.05, 4.69) is 10.1 Å². The topological polar surface area (TPSA) is 107 Å². The third-order valence-electron chi connectivity index (χ3n) is 2.22. The van der Waals surface area contributed by atoms with Gasteiger partial charge >= 0.3 is 0 Å². The summed E-state index contributed by atoms with van der Waals surface area (Å²) in [6, 6.07) is 5.99. The largest absolute Gasteiger partial charge is 0.497 e. The van der Waals surface area contributed by atoms with E-state index < -0.39 is 4.92 Å². The molecular formula is C10H7N5O3. The highest BCUT2D eigenvalue weighted by molar-refractivity contribution is 5.55. The van der Waals surface area contributed by atoms with Crippen molar-refractivity contribution < 1.29 is 9.66 Å². The number of hydrogen-bond acceptors (Lipinski definition) is 6. The average molecular weight is 245 g/mol. The molecule has 0 N–H and O–H groups in total. The molecule has 1 aromatic heterocycles. The van der Waals surface area contributed by atoms with E-state index in [0.29, 0.717) is 5.75 Å². The van der Waals surface area contributed by atoms with Crippen LogP contribution in [0.3, 0.4) is 0 Å². The van der Waals surface area contributed by atoms with Crippen LogP contribution in [0.5, 0.6) is 5.75 Å². The number of nitriles is 1. The highest BCUT2D eigenvalue weighted by Crippen LogP contribution is 2.26. The molecule has 18 heavy (non-hydrogen) atoms. The van der Waals surface area contributed by atoms with Crippen molar-refractivity contribution in [2.75, 3.05) is 7.11 Å². The van der Waals surface area contributed by atoms with Crippen molar-refractivity contribution in [3.8, 4) is 17.5 Å². The number of benzene rings is 1. The number of aromatic nitrogens is 3. The maximum atomic E-state index is 10.9.